The van der Waals surface area contributed by atoms with E-state index in [1.165, 1.54) is 5.56 Å². The van der Waals surface area contributed by atoms with E-state index in [0.717, 1.165) is 43.2 Å². The number of methoxy groups -OCH3 is 2. The number of hydrogen-bond acceptors (Lipinski definition) is 5. The lowest BCUT2D eigenvalue weighted by Gasteiger charge is -2.36. The fourth-order valence-corrected chi connectivity index (χ4v) is 3.07. The topological polar surface area (TPSA) is 46.6 Å². The molecule has 1 aromatic carbocycles. The first-order chi connectivity index (χ1) is 11.3. The minimum atomic E-state index is 0.336. The molecule has 23 heavy (non-hydrogen) atoms. The zero-order valence-corrected chi connectivity index (χ0v) is 13.7. The van der Waals surface area contributed by atoms with Gasteiger partial charge in [-0.15, -0.1) is 0 Å². The van der Waals surface area contributed by atoms with Gasteiger partial charge in [0.25, 0.3) is 0 Å². The number of nitrogens with zero attached hydrogens (tertiary/aromatic N) is 2. The second kappa shape index (κ2) is 7.44. The maximum atomic E-state index is 5.52. The third kappa shape index (κ3) is 3.63. The summed E-state index contributed by atoms with van der Waals surface area (Å²) >= 11 is 0. The van der Waals surface area contributed by atoms with E-state index in [2.05, 4.69) is 33.4 Å². The van der Waals surface area contributed by atoms with Crippen LogP contribution in [-0.4, -0.2) is 43.7 Å². The van der Waals surface area contributed by atoms with Gasteiger partial charge < -0.3 is 14.8 Å². The van der Waals surface area contributed by atoms with Crippen LogP contribution in [0.2, 0.25) is 0 Å². The van der Waals surface area contributed by atoms with Crippen molar-refractivity contribution >= 4 is 0 Å². The molecule has 1 aliphatic rings. The third-order valence-electron chi connectivity index (χ3n) is 4.31. The summed E-state index contributed by atoms with van der Waals surface area (Å²) in [6.45, 7) is 3.76. The van der Waals surface area contributed by atoms with E-state index in [-0.39, 0.29) is 0 Å². The summed E-state index contributed by atoms with van der Waals surface area (Å²) in [6, 6.07) is 10.5. The van der Waals surface area contributed by atoms with Gasteiger partial charge in [0.2, 0.25) is 0 Å². The molecule has 0 amide bonds. The van der Waals surface area contributed by atoms with Gasteiger partial charge in [0.1, 0.15) is 11.5 Å². The largest absolute Gasteiger partial charge is 0.497 e. The van der Waals surface area contributed by atoms with Crippen LogP contribution in [0, 0.1) is 0 Å². The highest BCUT2D eigenvalue weighted by Gasteiger charge is 2.24. The Morgan fingerprint density at radius 2 is 2.00 bits per heavy atom. The Morgan fingerprint density at radius 1 is 1.17 bits per heavy atom. The summed E-state index contributed by atoms with van der Waals surface area (Å²) < 4.78 is 10.9. The molecule has 2 aromatic rings. The van der Waals surface area contributed by atoms with Crippen LogP contribution in [0.4, 0.5) is 0 Å². The molecule has 0 aliphatic carbocycles. The van der Waals surface area contributed by atoms with Crippen LogP contribution in [0.25, 0.3) is 0 Å². The molecular formula is C18H23N3O2. The molecule has 1 N–H and O–H groups in total. The molecule has 1 saturated heterocycles. The first-order valence-electron chi connectivity index (χ1n) is 7.87. The van der Waals surface area contributed by atoms with Gasteiger partial charge in [-0.05, 0) is 35.9 Å². The molecule has 5 nitrogen and oxygen atoms in total. The highest BCUT2D eigenvalue weighted by Crippen LogP contribution is 2.29. The van der Waals surface area contributed by atoms with Crippen molar-refractivity contribution in [1.82, 2.24) is 15.2 Å². The first-order valence-corrected chi connectivity index (χ1v) is 7.87. The molecule has 1 aromatic heterocycles. The highest BCUT2D eigenvalue weighted by molar-refractivity contribution is 5.40. The predicted molar refractivity (Wildman–Crippen MR) is 89.8 cm³/mol. The maximum absolute atomic E-state index is 5.52. The molecule has 1 unspecified atom stereocenters. The number of pyridine rings is 1. The molecule has 1 fully saturated rings. The average Bonchev–Trinajstić information content (AvgIpc) is 2.63. The van der Waals surface area contributed by atoms with Gasteiger partial charge in [-0.3, -0.25) is 9.88 Å². The van der Waals surface area contributed by atoms with E-state index in [0.29, 0.717) is 6.04 Å². The molecule has 0 bridgehead atoms. The zero-order valence-electron chi connectivity index (χ0n) is 13.7. The third-order valence-corrected chi connectivity index (χ3v) is 4.31. The van der Waals surface area contributed by atoms with E-state index >= 15 is 0 Å². The number of benzene rings is 1. The standard InChI is InChI=1S/C18H23N3O2/c1-22-16-3-4-18(23-2)15(11-16)13-21-10-9-20-12-17(21)14-5-7-19-8-6-14/h3-8,11,17,20H,9-10,12-13H2,1-2H3. The van der Waals surface area contributed by atoms with Crippen molar-refractivity contribution < 1.29 is 9.47 Å². The van der Waals surface area contributed by atoms with Gasteiger partial charge in [0.05, 0.1) is 14.2 Å². The molecular weight excluding hydrogens is 290 g/mol. The molecule has 0 radical (unpaired) electrons. The van der Waals surface area contributed by atoms with Crippen molar-refractivity contribution in [3.8, 4) is 11.5 Å². The Hall–Kier alpha value is -2.11. The van der Waals surface area contributed by atoms with Gasteiger partial charge >= 0.3 is 0 Å². The lowest BCUT2D eigenvalue weighted by Crippen LogP contribution is -2.45. The van der Waals surface area contributed by atoms with Crippen LogP contribution in [0.1, 0.15) is 17.2 Å². The van der Waals surface area contributed by atoms with E-state index < -0.39 is 0 Å². The van der Waals surface area contributed by atoms with Gasteiger partial charge in [-0.2, -0.15) is 0 Å². The van der Waals surface area contributed by atoms with Crippen molar-refractivity contribution in [3.63, 3.8) is 0 Å². The fraction of sp³-hybridized carbons (Fsp3) is 0.389. The van der Waals surface area contributed by atoms with Crippen molar-refractivity contribution in [2.24, 2.45) is 0 Å². The monoisotopic (exact) mass is 313 g/mol. The SMILES string of the molecule is COc1ccc(OC)c(CN2CCNCC2c2ccncc2)c1. The van der Waals surface area contributed by atoms with Crippen LogP contribution in [0.3, 0.4) is 0 Å². The molecule has 5 heteroatoms. The van der Waals surface area contributed by atoms with Crippen LogP contribution >= 0.6 is 0 Å². The summed E-state index contributed by atoms with van der Waals surface area (Å²) in [5.41, 5.74) is 2.43. The van der Waals surface area contributed by atoms with E-state index in [9.17, 15) is 0 Å². The first kappa shape index (κ1) is 15.8. The Bertz CT molecular complexity index is 633. The number of nitrogens with one attached hydrogen (secondary N) is 1. The molecule has 1 atom stereocenters. The van der Waals surface area contributed by atoms with Crippen molar-refractivity contribution in [2.75, 3.05) is 33.9 Å². The number of rotatable bonds is 5. The normalized spacial score (nSPS) is 18.6. The van der Waals surface area contributed by atoms with Crippen LogP contribution in [0.15, 0.2) is 42.7 Å². The number of aromatic nitrogens is 1. The highest BCUT2D eigenvalue weighted by atomic mass is 16.5. The summed E-state index contributed by atoms with van der Waals surface area (Å²) in [5.74, 6) is 1.76. The Balaban J connectivity index is 1.85. The van der Waals surface area contributed by atoms with E-state index in [1.54, 1.807) is 14.2 Å². The smallest absolute Gasteiger partial charge is 0.123 e. The fourth-order valence-electron chi connectivity index (χ4n) is 3.07. The number of hydrogen-bond donors (Lipinski definition) is 1. The summed E-state index contributed by atoms with van der Waals surface area (Å²) in [5, 5.41) is 3.48. The maximum Gasteiger partial charge on any atom is 0.123 e. The van der Waals surface area contributed by atoms with Crippen molar-refractivity contribution in [3.05, 3.63) is 53.9 Å². The van der Waals surface area contributed by atoms with Crippen LogP contribution in [0.5, 0.6) is 11.5 Å². The minimum Gasteiger partial charge on any atom is -0.497 e. The minimum absolute atomic E-state index is 0.336. The number of ether oxygens (including phenoxy) is 2. The Morgan fingerprint density at radius 3 is 2.74 bits per heavy atom. The molecule has 122 valence electrons. The molecule has 3 rings (SSSR count). The lowest BCUT2D eigenvalue weighted by molar-refractivity contribution is 0.152. The predicted octanol–water partition coefficient (Wildman–Crippen LogP) is 2.25. The van der Waals surface area contributed by atoms with Gasteiger partial charge in [-0.25, -0.2) is 0 Å². The second-order valence-electron chi connectivity index (χ2n) is 5.65. The summed E-state index contributed by atoms with van der Waals surface area (Å²) in [7, 11) is 3.40. The van der Waals surface area contributed by atoms with Crippen molar-refractivity contribution in [2.45, 2.75) is 12.6 Å². The average molecular weight is 313 g/mol. The molecule has 2 heterocycles. The van der Waals surface area contributed by atoms with Gasteiger partial charge in [-0.1, -0.05) is 0 Å². The van der Waals surface area contributed by atoms with E-state index in [4.69, 9.17) is 9.47 Å². The summed E-state index contributed by atoms with van der Waals surface area (Å²) in [6.07, 6.45) is 3.71. The zero-order chi connectivity index (χ0) is 16.1. The van der Waals surface area contributed by atoms with Crippen LogP contribution < -0.4 is 14.8 Å². The van der Waals surface area contributed by atoms with Gasteiger partial charge in [0.15, 0.2) is 0 Å². The Kier molecular flexibility index (Phi) is 5.10. The second-order valence-corrected chi connectivity index (χ2v) is 5.65. The Labute approximate surface area is 137 Å². The quantitative estimate of drug-likeness (QED) is 0.917. The van der Waals surface area contributed by atoms with Gasteiger partial charge in [0, 0.05) is 50.2 Å². The van der Waals surface area contributed by atoms with Crippen molar-refractivity contribution in [1.29, 1.82) is 0 Å². The molecule has 0 spiro atoms. The van der Waals surface area contributed by atoms with E-state index in [1.807, 2.05) is 24.5 Å². The molecule has 0 saturated carbocycles. The lowest BCUT2D eigenvalue weighted by atomic mass is 10.0. The summed E-state index contributed by atoms with van der Waals surface area (Å²) in [4.78, 5) is 6.60. The van der Waals surface area contributed by atoms with Crippen LogP contribution in [-0.2, 0) is 6.54 Å². The molecule has 1 aliphatic heterocycles. The number of piperazine rings is 1.